The lowest BCUT2D eigenvalue weighted by molar-refractivity contribution is 0.165. The maximum atomic E-state index is 6.56. The van der Waals surface area contributed by atoms with E-state index in [1.165, 1.54) is 141 Å². The van der Waals surface area contributed by atoms with Crippen LogP contribution in [-0.4, -0.2) is 21.8 Å². The molecule has 0 rings (SSSR count). The van der Waals surface area contributed by atoms with Crippen molar-refractivity contribution in [1.29, 1.82) is 0 Å². The standard InChI is InChI=1S/C30H64O2Si/c1-5-9-11-13-15-17-19-21-23-25-29-33(31-27-7-3,32-28-8-4)30-26-24-22-20-18-16-14-12-10-6-2/h5-30H2,1-4H3. The second-order valence-corrected chi connectivity index (χ2v) is 13.9. The van der Waals surface area contributed by atoms with Crippen LogP contribution in [0.1, 0.15) is 169 Å². The second kappa shape index (κ2) is 26.7. The Balaban J connectivity index is 4.15. The van der Waals surface area contributed by atoms with E-state index in [0.29, 0.717) is 0 Å². The Morgan fingerprint density at radius 3 is 0.879 bits per heavy atom. The van der Waals surface area contributed by atoms with Crippen LogP contribution in [0.5, 0.6) is 0 Å². The van der Waals surface area contributed by atoms with Gasteiger partial charge in [0.15, 0.2) is 0 Å². The molecule has 0 saturated carbocycles. The smallest absolute Gasteiger partial charge is 0.338 e. The summed E-state index contributed by atoms with van der Waals surface area (Å²) in [7, 11) is -2.02. The number of rotatable bonds is 28. The van der Waals surface area contributed by atoms with Gasteiger partial charge in [-0.15, -0.1) is 0 Å². The molecule has 0 atom stereocenters. The summed E-state index contributed by atoms with van der Waals surface area (Å²) in [5.74, 6) is 0. The third-order valence-corrected chi connectivity index (χ3v) is 10.7. The van der Waals surface area contributed by atoms with Crippen LogP contribution in [0.2, 0.25) is 12.1 Å². The van der Waals surface area contributed by atoms with Crippen LogP contribution in [-0.2, 0) is 8.85 Å². The van der Waals surface area contributed by atoms with E-state index in [9.17, 15) is 0 Å². The van der Waals surface area contributed by atoms with Crippen molar-refractivity contribution in [2.24, 2.45) is 0 Å². The molecule has 33 heavy (non-hydrogen) atoms. The molecule has 3 heteroatoms. The van der Waals surface area contributed by atoms with Crippen molar-refractivity contribution in [3.63, 3.8) is 0 Å². The van der Waals surface area contributed by atoms with Gasteiger partial charge in [-0.1, -0.05) is 156 Å². The first kappa shape index (κ1) is 33.1. The van der Waals surface area contributed by atoms with Crippen LogP contribution in [0.3, 0.4) is 0 Å². The highest BCUT2D eigenvalue weighted by Crippen LogP contribution is 2.27. The highest BCUT2D eigenvalue weighted by Gasteiger charge is 2.36. The van der Waals surface area contributed by atoms with Crippen molar-refractivity contribution in [3.05, 3.63) is 0 Å². The van der Waals surface area contributed by atoms with Crippen molar-refractivity contribution in [3.8, 4) is 0 Å². The molecule has 0 unspecified atom stereocenters. The fourth-order valence-electron chi connectivity index (χ4n) is 4.80. The number of hydrogen-bond donors (Lipinski definition) is 0. The Morgan fingerprint density at radius 1 is 0.333 bits per heavy atom. The zero-order valence-corrected chi connectivity index (χ0v) is 24.7. The monoisotopic (exact) mass is 484 g/mol. The van der Waals surface area contributed by atoms with Crippen LogP contribution in [0.25, 0.3) is 0 Å². The molecule has 0 aromatic rings. The first-order valence-corrected chi connectivity index (χ1v) is 17.8. The molecule has 0 bridgehead atoms. The average Bonchev–Trinajstić information content (AvgIpc) is 2.83. The van der Waals surface area contributed by atoms with Crippen molar-refractivity contribution >= 4 is 8.56 Å². The summed E-state index contributed by atoms with van der Waals surface area (Å²) in [4.78, 5) is 0. The second-order valence-electron chi connectivity index (χ2n) is 10.5. The van der Waals surface area contributed by atoms with Crippen LogP contribution in [0.4, 0.5) is 0 Å². The highest BCUT2D eigenvalue weighted by atomic mass is 28.4. The molecule has 2 nitrogen and oxygen atoms in total. The zero-order valence-electron chi connectivity index (χ0n) is 23.7. The van der Waals surface area contributed by atoms with Crippen molar-refractivity contribution in [1.82, 2.24) is 0 Å². The van der Waals surface area contributed by atoms with Gasteiger partial charge < -0.3 is 8.85 Å². The Kier molecular flexibility index (Phi) is 26.8. The molecule has 0 N–H and O–H groups in total. The summed E-state index contributed by atoms with van der Waals surface area (Å²) >= 11 is 0. The van der Waals surface area contributed by atoms with Crippen LogP contribution in [0.15, 0.2) is 0 Å². The molecule has 0 aliphatic heterocycles. The van der Waals surface area contributed by atoms with E-state index in [1.54, 1.807) is 0 Å². The Bertz CT molecular complexity index is 327. The van der Waals surface area contributed by atoms with Gasteiger partial charge in [0.25, 0.3) is 0 Å². The topological polar surface area (TPSA) is 18.5 Å². The first-order valence-electron chi connectivity index (χ1n) is 15.5. The molecule has 0 aromatic heterocycles. The summed E-state index contributed by atoms with van der Waals surface area (Å²) in [5.41, 5.74) is 0. The lowest BCUT2D eigenvalue weighted by Crippen LogP contribution is -2.42. The SMILES string of the molecule is CCCCCCCCCCCC[Si](CCCCCCCCCCCC)(OCCC)OCCC. The molecular formula is C30H64O2Si. The number of hydrogen-bond acceptors (Lipinski definition) is 2. The van der Waals surface area contributed by atoms with E-state index in [-0.39, 0.29) is 0 Å². The van der Waals surface area contributed by atoms with Crippen molar-refractivity contribution in [2.45, 2.75) is 181 Å². The van der Waals surface area contributed by atoms with E-state index < -0.39 is 8.56 Å². The molecule has 0 radical (unpaired) electrons. The Hall–Kier alpha value is 0.137. The van der Waals surface area contributed by atoms with Crippen LogP contribution < -0.4 is 0 Å². The van der Waals surface area contributed by atoms with E-state index >= 15 is 0 Å². The molecule has 0 aliphatic rings. The third-order valence-electron chi connectivity index (χ3n) is 6.96. The van der Waals surface area contributed by atoms with Gasteiger partial charge in [-0.05, 0) is 24.9 Å². The maximum absolute atomic E-state index is 6.56. The Morgan fingerprint density at radius 2 is 0.606 bits per heavy atom. The van der Waals surface area contributed by atoms with Crippen molar-refractivity contribution < 1.29 is 8.85 Å². The minimum absolute atomic E-state index is 0.894. The van der Waals surface area contributed by atoms with E-state index in [2.05, 4.69) is 27.7 Å². The highest BCUT2D eigenvalue weighted by molar-refractivity contribution is 6.67. The lowest BCUT2D eigenvalue weighted by Gasteiger charge is -2.31. The third kappa shape index (κ3) is 22.4. The minimum atomic E-state index is -2.02. The summed E-state index contributed by atoms with van der Waals surface area (Å²) < 4.78 is 13.1. The van der Waals surface area contributed by atoms with Crippen molar-refractivity contribution in [2.75, 3.05) is 13.2 Å². The fourth-order valence-corrected chi connectivity index (χ4v) is 8.44. The van der Waals surface area contributed by atoms with Gasteiger partial charge in [-0.3, -0.25) is 0 Å². The Labute approximate surface area is 211 Å². The summed E-state index contributed by atoms with van der Waals surface area (Å²) in [6, 6.07) is 2.45. The lowest BCUT2D eigenvalue weighted by atomic mass is 10.1. The zero-order chi connectivity index (χ0) is 24.3. The van der Waals surface area contributed by atoms with Gasteiger partial charge in [0.05, 0.1) is 0 Å². The quantitative estimate of drug-likeness (QED) is 0.0811. The molecule has 0 aromatic carbocycles. The largest absolute Gasteiger partial charge is 0.394 e. The maximum Gasteiger partial charge on any atom is 0.338 e. The van der Waals surface area contributed by atoms with Crippen LogP contribution in [0, 0.1) is 0 Å². The molecule has 0 heterocycles. The molecule has 0 saturated heterocycles. The predicted molar refractivity (Wildman–Crippen MR) is 152 cm³/mol. The fraction of sp³-hybridized carbons (Fsp3) is 1.00. The predicted octanol–water partition coefficient (Wildman–Crippen LogP) is 11.1. The summed E-state index contributed by atoms with van der Waals surface area (Å²) in [6.45, 7) is 10.9. The van der Waals surface area contributed by atoms with E-state index in [0.717, 1.165) is 26.1 Å². The van der Waals surface area contributed by atoms with Gasteiger partial charge in [-0.2, -0.15) is 0 Å². The van der Waals surface area contributed by atoms with E-state index in [1.807, 2.05) is 0 Å². The van der Waals surface area contributed by atoms with Gasteiger partial charge in [-0.25, -0.2) is 0 Å². The summed E-state index contributed by atoms with van der Waals surface area (Å²) in [5, 5.41) is 0. The number of unbranched alkanes of at least 4 members (excludes halogenated alkanes) is 18. The van der Waals surface area contributed by atoms with E-state index in [4.69, 9.17) is 8.85 Å². The normalized spacial score (nSPS) is 12.0. The van der Waals surface area contributed by atoms with Gasteiger partial charge in [0.1, 0.15) is 0 Å². The van der Waals surface area contributed by atoms with Gasteiger partial charge in [0, 0.05) is 13.2 Å². The summed E-state index contributed by atoms with van der Waals surface area (Å²) in [6.07, 6.45) is 30.3. The molecule has 200 valence electrons. The molecule has 0 amide bonds. The average molecular weight is 485 g/mol. The molecule has 0 fully saturated rings. The van der Waals surface area contributed by atoms with Crippen LogP contribution >= 0.6 is 0 Å². The van der Waals surface area contributed by atoms with Gasteiger partial charge >= 0.3 is 8.56 Å². The van der Waals surface area contributed by atoms with Gasteiger partial charge in [0.2, 0.25) is 0 Å². The minimum Gasteiger partial charge on any atom is -0.394 e. The molecule has 0 aliphatic carbocycles. The molecular weight excluding hydrogens is 420 g/mol. The molecule has 0 spiro atoms. The first-order chi connectivity index (χ1) is 16.2.